The third-order valence-electron chi connectivity index (χ3n) is 6.49. The molecule has 4 rings (SSSR count). The smallest absolute Gasteiger partial charge is 0.337 e. The maximum absolute atomic E-state index is 11.5. The lowest BCUT2D eigenvalue weighted by atomic mass is 9.84. The first-order valence-electron chi connectivity index (χ1n) is 13.3. The summed E-state index contributed by atoms with van der Waals surface area (Å²) in [5.41, 5.74) is 6.60. The second-order valence-electron chi connectivity index (χ2n) is 9.79. The molecule has 0 spiro atoms. The van der Waals surface area contributed by atoms with E-state index in [9.17, 15) is 9.59 Å². The van der Waals surface area contributed by atoms with Crippen LogP contribution in [0.25, 0.3) is 0 Å². The molecule has 0 unspecified atom stereocenters. The number of carbonyl (C=O) groups excluding carboxylic acids is 2. The number of methoxy groups -OCH3 is 2. The Morgan fingerprint density at radius 2 is 1.20 bits per heavy atom. The van der Waals surface area contributed by atoms with Crippen molar-refractivity contribution in [3.8, 4) is 23.0 Å². The first-order chi connectivity index (χ1) is 19.3. The van der Waals surface area contributed by atoms with Gasteiger partial charge in [0.1, 0.15) is 19.3 Å². The van der Waals surface area contributed by atoms with Crippen molar-refractivity contribution in [2.24, 2.45) is 11.7 Å². The molecule has 2 aliphatic rings. The van der Waals surface area contributed by atoms with Gasteiger partial charge in [-0.2, -0.15) is 0 Å². The molecule has 2 aromatic rings. The zero-order chi connectivity index (χ0) is 29.1. The lowest BCUT2D eigenvalue weighted by Gasteiger charge is -2.33. The van der Waals surface area contributed by atoms with Crippen molar-refractivity contribution < 1.29 is 38.0 Å². The van der Waals surface area contributed by atoms with E-state index in [0.717, 1.165) is 25.7 Å². The van der Waals surface area contributed by atoms with Gasteiger partial charge < -0.3 is 34.2 Å². The van der Waals surface area contributed by atoms with Crippen LogP contribution >= 0.6 is 0 Å². The molecule has 40 heavy (non-hydrogen) atoms. The van der Waals surface area contributed by atoms with Crippen LogP contribution in [0.1, 0.15) is 53.3 Å². The highest BCUT2D eigenvalue weighted by atomic mass is 16.5. The molecule has 0 bridgehead atoms. The van der Waals surface area contributed by atoms with Crippen LogP contribution < -0.4 is 24.7 Å². The van der Waals surface area contributed by atoms with Gasteiger partial charge in [-0.05, 0) is 68.0 Å². The van der Waals surface area contributed by atoms with Crippen molar-refractivity contribution in [2.45, 2.75) is 50.9 Å². The summed E-state index contributed by atoms with van der Waals surface area (Å²) >= 11 is 0. The van der Waals surface area contributed by atoms with Gasteiger partial charge in [-0.1, -0.05) is 32.2 Å². The molecule has 9 heteroatoms. The molecule has 2 saturated carbocycles. The Kier molecular flexibility index (Phi) is 11.4. The minimum atomic E-state index is -0.411. The second-order valence-corrected chi connectivity index (χ2v) is 9.79. The van der Waals surface area contributed by atoms with E-state index in [-0.39, 0.29) is 18.2 Å². The second kappa shape index (κ2) is 15.0. The van der Waals surface area contributed by atoms with Crippen LogP contribution in [0.3, 0.4) is 0 Å². The van der Waals surface area contributed by atoms with Gasteiger partial charge in [0.25, 0.3) is 0 Å². The fourth-order valence-electron chi connectivity index (χ4n) is 4.21. The normalized spacial score (nSPS) is 20.7. The fraction of sp³-hybridized carbons (Fsp3) is 0.419. The van der Waals surface area contributed by atoms with Crippen LogP contribution in [0.2, 0.25) is 0 Å². The molecular weight excluding hydrogens is 514 g/mol. The third-order valence-corrected chi connectivity index (χ3v) is 6.49. The van der Waals surface area contributed by atoms with E-state index >= 15 is 0 Å². The van der Waals surface area contributed by atoms with E-state index in [2.05, 4.69) is 20.1 Å². The summed E-state index contributed by atoms with van der Waals surface area (Å²) in [5.74, 6) is 2.24. The molecule has 0 heterocycles. The topological polar surface area (TPSA) is 116 Å². The van der Waals surface area contributed by atoms with Crippen molar-refractivity contribution in [3.05, 3.63) is 72.8 Å². The van der Waals surface area contributed by atoms with Crippen molar-refractivity contribution >= 4 is 11.9 Å². The number of nitrogens with two attached hydrogens (primary N) is 1. The van der Waals surface area contributed by atoms with Gasteiger partial charge in [0.15, 0.2) is 23.0 Å². The number of esters is 2. The largest absolute Gasteiger partial charge is 0.487 e. The van der Waals surface area contributed by atoms with Gasteiger partial charge in [0.05, 0.1) is 31.5 Å². The number of carbonyl (C=O) groups is 2. The number of benzene rings is 2. The lowest BCUT2D eigenvalue weighted by Crippen LogP contribution is -2.43. The molecule has 0 aromatic heterocycles. The van der Waals surface area contributed by atoms with Crippen LogP contribution in [0.15, 0.2) is 61.7 Å². The van der Waals surface area contributed by atoms with Gasteiger partial charge in [0.2, 0.25) is 0 Å². The molecule has 2 aliphatic carbocycles. The standard InChI is InChI=1S/C16H20O4.C15H19NO4/c1-4-7-19-15-10-12(16(17)18-3)5-6-14(15)20-13-8-11(2)9-13;1-3-6-19-14-7-10(15(17)18-2)4-5-13(14)20-12-8-11(16)9-12/h4-6,10-11,13H,1,7-9H2,2-3H3;3-5,7,11-12H,1,6,8-9,16H2,2H3. The van der Waals surface area contributed by atoms with Crippen molar-refractivity contribution in [1.82, 2.24) is 0 Å². The average molecular weight is 554 g/mol. The first-order valence-corrected chi connectivity index (χ1v) is 13.3. The Morgan fingerprint density at radius 1 is 0.775 bits per heavy atom. The zero-order valence-corrected chi connectivity index (χ0v) is 23.4. The Labute approximate surface area is 235 Å². The summed E-state index contributed by atoms with van der Waals surface area (Å²) in [5, 5.41) is 0. The Balaban J connectivity index is 0.000000220. The molecule has 2 fully saturated rings. The van der Waals surface area contributed by atoms with Crippen LogP contribution in [-0.4, -0.2) is 57.6 Å². The molecular formula is C31H39NO8. The summed E-state index contributed by atoms with van der Waals surface area (Å²) in [6.07, 6.45) is 7.41. The summed E-state index contributed by atoms with van der Waals surface area (Å²) in [7, 11) is 2.69. The predicted octanol–water partition coefficient (Wildman–Crippen LogP) is 5.12. The number of hydrogen-bond acceptors (Lipinski definition) is 9. The fourth-order valence-corrected chi connectivity index (χ4v) is 4.21. The van der Waals surface area contributed by atoms with Gasteiger partial charge in [-0.25, -0.2) is 9.59 Å². The number of ether oxygens (including phenoxy) is 6. The Hall–Kier alpha value is -3.98. The highest BCUT2D eigenvalue weighted by Crippen LogP contribution is 2.36. The summed E-state index contributed by atoms with van der Waals surface area (Å²) in [6, 6.07) is 10.3. The zero-order valence-electron chi connectivity index (χ0n) is 23.4. The molecule has 2 N–H and O–H groups in total. The van der Waals surface area contributed by atoms with Crippen LogP contribution in [0.5, 0.6) is 23.0 Å². The Bertz CT molecular complexity index is 1080. The summed E-state index contributed by atoms with van der Waals surface area (Å²) in [4.78, 5) is 23.1. The van der Waals surface area contributed by atoms with Crippen LogP contribution in [0, 0.1) is 5.92 Å². The molecule has 0 atom stereocenters. The molecule has 0 radical (unpaired) electrons. The lowest BCUT2D eigenvalue weighted by molar-refractivity contribution is 0.0590. The first kappa shape index (κ1) is 30.6. The number of rotatable bonds is 12. The van der Waals surface area contributed by atoms with Crippen molar-refractivity contribution in [3.63, 3.8) is 0 Å². The number of hydrogen-bond donors (Lipinski definition) is 1. The molecule has 216 valence electrons. The van der Waals surface area contributed by atoms with Crippen molar-refractivity contribution in [2.75, 3.05) is 27.4 Å². The quantitative estimate of drug-likeness (QED) is 0.282. The van der Waals surface area contributed by atoms with Gasteiger partial charge in [-0.15, -0.1) is 0 Å². The van der Waals surface area contributed by atoms with Gasteiger partial charge in [-0.3, -0.25) is 0 Å². The highest BCUT2D eigenvalue weighted by molar-refractivity contribution is 5.90. The Morgan fingerprint density at radius 3 is 1.55 bits per heavy atom. The molecule has 0 amide bonds. The van der Waals surface area contributed by atoms with Gasteiger partial charge >= 0.3 is 11.9 Å². The summed E-state index contributed by atoms with van der Waals surface area (Å²) < 4.78 is 32.2. The third kappa shape index (κ3) is 8.51. The highest BCUT2D eigenvalue weighted by Gasteiger charge is 2.29. The average Bonchev–Trinajstić information content (AvgIpc) is 2.93. The van der Waals surface area contributed by atoms with E-state index in [4.69, 9.17) is 34.2 Å². The SMILES string of the molecule is C=CCOc1cc(C(=O)OC)ccc1OC1CC(C)C1.C=CCOc1cc(C(=O)OC)ccc1OC1CC(N)C1. The maximum atomic E-state index is 11.5. The van der Waals surface area contributed by atoms with Crippen LogP contribution in [0.4, 0.5) is 0 Å². The van der Waals surface area contributed by atoms with Gasteiger partial charge in [0, 0.05) is 6.04 Å². The minimum absolute atomic E-state index is 0.111. The summed E-state index contributed by atoms with van der Waals surface area (Å²) in [6.45, 7) is 10.1. The van der Waals surface area contributed by atoms with E-state index < -0.39 is 11.9 Å². The molecule has 0 saturated heterocycles. The van der Waals surface area contributed by atoms with E-state index in [1.165, 1.54) is 14.2 Å². The predicted molar refractivity (Wildman–Crippen MR) is 151 cm³/mol. The molecule has 9 nitrogen and oxygen atoms in total. The van der Waals surface area contributed by atoms with Crippen LogP contribution in [-0.2, 0) is 9.47 Å². The molecule has 0 aliphatic heterocycles. The maximum Gasteiger partial charge on any atom is 0.337 e. The molecule has 2 aromatic carbocycles. The van der Waals surface area contributed by atoms with E-state index in [1.54, 1.807) is 48.6 Å². The van der Waals surface area contributed by atoms with E-state index in [1.807, 2.05) is 0 Å². The van der Waals surface area contributed by atoms with Crippen molar-refractivity contribution in [1.29, 1.82) is 0 Å². The monoisotopic (exact) mass is 553 g/mol. The van der Waals surface area contributed by atoms with E-state index in [0.29, 0.717) is 53.3 Å². The minimum Gasteiger partial charge on any atom is -0.487 e.